The zero-order chi connectivity index (χ0) is 29.6. The molecule has 8 heteroatoms. The number of hydrogen-bond acceptors (Lipinski definition) is 4. The van der Waals surface area contributed by atoms with E-state index in [-0.39, 0.29) is 10.1 Å². The highest BCUT2D eigenvalue weighted by Gasteiger charge is 2.34. The van der Waals surface area contributed by atoms with Crippen molar-refractivity contribution in [3.63, 3.8) is 0 Å². The van der Waals surface area contributed by atoms with Crippen LogP contribution in [0.5, 0.6) is 5.75 Å². The number of benzene rings is 1. The molecule has 3 nitrogen and oxygen atoms in total. The molecule has 0 amide bonds. The number of ether oxygens (including phenoxy) is 1. The maximum atomic E-state index is 6.68. The predicted octanol–water partition coefficient (Wildman–Crippen LogP) is 9.86. The molecular weight excluding hydrogens is 668 g/mol. The van der Waals surface area contributed by atoms with Crippen molar-refractivity contribution >= 4 is 68.3 Å². The van der Waals surface area contributed by atoms with E-state index in [0.717, 1.165) is 21.1 Å². The van der Waals surface area contributed by atoms with Crippen molar-refractivity contribution in [1.82, 2.24) is 0 Å². The van der Waals surface area contributed by atoms with Gasteiger partial charge in [0.15, 0.2) is 19.5 Å². The van der Waals surface area contributed by atoms with Gasteiger partial charge in [0.05, 0.1) is 14.6 Å². The van der Waals surface area contributed by atoms with E-state index in [1.807, 2.05) is 6.08 Å². The first-order chi connectivity index (χ1) is 17.8. The molecule has 0 bridgehead atoms. The van der Waals surface area contributed by atoms with Gasteiger partial charge >= 0.3 is 0 Å². The summed E-state index contributed by atoms with van der Waals surface area (Å²) in [6.07, 6.45) is 5.15. The van der Waals surface area contributed by atoms with Crippen LogP contribution in [0, 0.1) is 0 Å². The molecule has 1 aromatic carbocycles. The second-order valence-corrected chi connectivity index (χ2v) is 22.8. The number of allylic oxidation sites excluding steroid dienone is 3. The Bertz CT molecular complexity index is 1150. The van der Waals surface area contributed by atoms with Gasteiger partial charge in [-0.25, -0.2) is 0 Å². The lowest BCUT2D eigenvalue weighted by Crippen LogP contribution is -2.34. The average molecular weight is 717 g/mol. The summed E-state index contributed by atoms with van der Waals surface area (Å²) in [7, 11) is -1.50. The second kappa shape index (κ2) is 14.1. The molecule has 0 saturated carbocycles. The molecule has 0 saturated heterocycles. The number of thiophene rings is 1. The number of halogens is 2. The minimum absolute atomic E-state index is 0.208. The SMILES string of the molecule is CCC(=CC=C(Br)Br)c1ccc(COc2ccc(C(C)(C)O[SiH2]C(C)(C)C)c(C(C)(C)O[SiH2]C(C)(C)C)c2)s1. The standard InChI is InChI=1S/C31H48Br2O3SSi2/c1-12-21(13-18-27(32)33)26-17-15-23(37-26)20-34-22-14-16-24(30(8,9)35-38-28(2,3)4)25(19-22)31(10,11)36-39-29(5,6)7/h13-19H,12,20,38-39H2,1-11H3. The predicted molar refractivity (Wildman–Crippen MR) is 184 cm³/mol. The van der Waals surface area contributed by atoms with E-state index in [2.05, 4.69) is 144 Å². The minimum Gasteiger partial charge on any atom is -0.488 e. The van der Waals surface area contributed by atoms with Gasteiger partial charge in [0.1, 0.15) is 12.4 Å². The lowest BCUT2D eigenvalue weighted by Gasteiger charge is -2.37. The third-order valence-electron chi connectivity index (χ3n) is 6.17. The van der Waals surface area contributed by atoms with Gasteiger partial charge in [-0.2, -0.15) is 0 Å². The molecule has 218 valence electrons. The van der Waals surface area contributed by atoms with Crippen molar-refractivity contribution in [2.45, 2.75) is 110 Å². The first kappa shape index (κ1) is 34.7. The van der Waals surface area contributed by atoms with Gasteiger partial charge in [0.25, 0.3) is 0 Å². The summed E-state index contributed by atoms with van der Waals surface area (Å²) in [5, 5.41) is 0.429. The zero-order valence-corrected chi connectivity index (χ0v) is 32.6. The van der Waals surface area contributed by atoms with Gasteiger partial charge in [-0.05, 0) is 123 Å². The van der Waals surface area contributed by atoms with Crippen LogP contribution in [-0.2, 0) is 26.7 Å². The van der Waals surface area contributed by atoms with Crippen LogP contribution >= 0.6 is 43.2 Å². The van der Waals surface area contributed by atoms with E-state index in [1.54, 1.807) is 11.3 Å². The van der Waals surface area contributed by atoms with Gasteiger partial charge in [-0.3, -0.25) is 0 Å². The molecule has 0 atom stereocenters. The Kier molecular flexibility index (Phi) is 12.6. The fourth-order valence-corrected chi connectivity index (χ4v) is 7.08. The van der Waals surface area contributed by atoms with E-state index in [4.69, 9.17) is 13.6 Å². The highest BCUT2D eigenvalue weighted by Crippen LogP contribution is 2.40. The largest absolute Gasteiger partial charge is 0.488 e. The van der Waals surface area contributed by atoms with E-state index in [9.17, 15) is 0 Å². The zero-order valence-electron chi connectivity index (χ0n) is 25.8. The van der Waals surface area contributed by atoms with Crippen molar-refractivity contribution in [1.29, 1.82) is 0 Å². The summed E-state index contributed by atoms with van der Waals surface area (Å²) in [4.78, 5) is 2.47. The highest BCUT2D eigenvalue weighted by atomic mass is 79.9. The summed E-state index contributed by atoms with van der Waals surface area (Å²) in [5.41, 5.74) is 2.80. The molecule has 0 aliphatic heterocycles. The summed E-state index contributed by atoms with van der Waals surface area (Å²) in [6, 6.07) is 10.8. The first-order valence-corrected chi connectivity index (χ1v) is 18.7. The van der Waals surface area contributed by atoms with Crippen LogP contribution in [0.3, 0.4) is 0 Å². The molecule has 1 aromatic heterocycles. The first-order valence-electron chi connectivity index (χ1n) is 13.7. The van der Waals surface area contributed by atoms with Crippen LogP contribution in [0.4, 0.5) is 0 Å². The molecule has 0 radical (unpaired) electrons. The van der Waals surface area contributed by atoms with Crippen molar-refractivity contribution in [2.75, 3.05) is 0 Å². The molecule has 39 heavy (non-hydrogen) atoms. The Morgan fingerprint density at radius 3 is 1.87 bits per heavy atom. The fraction of sp³-hybridized carbons (Fsp3) is 0.548. The molecule has 0 spiro atoms. The van der Waals surface area contributed by atoms with Crippen molar-refractivity contribution in [3.8, 4) is 5.75 Å². The van der Waals surface area contributed by atoms with Gasteiger partial charge in [-0.1, -0.05) is 60.6 Å². The van der Waals surface area contributed by atoms with E-state index in [1.165, 1.54) is 20.9 Å². The monoisotopic (exact) mass is 714 g/mol. The summed E-state index contributed by atoms with van der Waals surface area (Å²) in [6.45, 7) is 25.1. The summed E-state index contributed by atoms with van der Waals surface area (Å²) < 4.78 is 20.6. The van der Waals surface area contributed by atoms with Gasteiger partial charge < -0.3 is 13.6 Å². The molecule has 1 heterocycles. The second-order valence-electron chi connectivity index (χ2n) is 13.5. The lowest BCUT2D eigenvalue weighted by molar-refractivity contribution is 0.0826. The van der Waals surface area contributed by atoms with Crippen LogP contribution < -0.4 is 4.74 Å². The Morgan fingerprint density at radius 2 is 1.36 bits per heavy atom. The molecule has 0 aliphatic carbocycles. The average Bonchev–Trinajstić information content (AvgIpc) is 3.28. The van der Waals surface area contributed by atoms with E-state index in [0.29, 0.717) is 6.61 Å². The van der Waals surface area contributed by atoms with Crippen LogP contribution in [0.1, 0.15) is 103 Å². The normalized spacial score (nSPS) is 14.1. The topological polar surface area (TPSA) is 27.7 Å². The van der Waals surface area contributed by atoms with E-state index < -0.39 is 30.7 Å². The Labute approximate surface area is 263 Å². The van der Waals surface area contributed by atoms with Gasteiger partial charge in [0.2, 0.25) is 0 Å². The van der Waals surface area contributed by atoms with Crippen LogP contribution in [0.25, 0.3) is 5.57 Å². The number of hydrogen-bond donors (Lipinski definition) is 0. The lowest BCUT2D eigenvalue weighted by atomic mass is 9.85. The molecule has 0 unspecified atom stereocenters. The molecule has 0 N–H and O–H groups in total. The van der Waals surface area contributed by atoms with Crippen LogP contribution in [-0.4, -0.2) is 19.5 Å². The smallest absolute Gasteiger partial charge is 0.168 e. The number of rotatable bonds is 12. The van der Waals surface area contributed by atoms with Crippen LogP contribution in [0.15, 0.2) is 45.9 Å². The third kappa shape index (κ3) is 11.7. The van der Waals surface area contributed by atoms with Gasteiger partial charge in [-0.15, -0.1) is 11.3 Å². The Hall–Kier alpha value is -0.486. The Balaban J connectivity index is 2.36. The molecular formula is C31H48Br2O3SSi2. The molecule has 0 aliphatic rings. The van der Waals surface area contributed by atoms with Crippen LogP contribution in [0.2, 0.25) is 10.1 Å². The summed E-state index contributed by atoms with van der Waals surface area (Å²) >= 11 is 8.66. The quantitative estimate of drug-likeness (QED) is 0.162. The van der Waals surface area contributed by atoms with Gasteiger partial charge in [0, 0.05) is 9.75 Å². The maximum Gasteiger partial charge on any atom is 0.168 e. The minimum atomic E-state index is -0.761. The third-order valence-corrected chi connectivity index (χ3v) is 11.3. The summed E-state index contributed by atoms with van der Waals surface area (Å²) in [5.74, 6) is 0.860. The Morgan fingerprint density at radius 1 is 0.795 bits per heavy atom. The van der Waals surface area contributed by atoms with E-state index >= 15 is 0 Å². The maximum absolute atomic E-state index is 6.68. The van der Waals surface area contributed by atoms with Crippen molar-refractivity contribution in [2.24, 2.45) is 0 Å². The molecule has 2 aromatic rings. The highest BCUT2D eigenvalue weighted by molar-refractivity contribution is 9.28. The molecule has 2 rings (SSSR count). The van der Waals surface area contributed by atoms with Crippen molar-refractivity contribution < 1.29 is 13.6 Å². The van der Waals surface area contributed by atoms with Crippen molar-refractivity contribution in [3.05, 3.63) is 66.8 Å². The fourth-order valence-electron chi connectivity index (χ4n) is 3.91. The molecule has 0 fully saturated rings.